The first kappa shape index (κ1) is 11.2. The molecule has 0 fully saturated rings. The van der Waals surface area contributed by atoms with Gasteiger partial charge < -0.3 is 0 Å². The molecule has 1 heterocycles. The summed E-state index contributed by atoms with van der Waals surface area (Å²) in [5, 5.41) is 0. The summed E-state index contributed by atoms with van der Waals surface area (Å²) in [7, 11) is 0. The van der Waals surface area contributed by atoms with Gasteiger partial charge >= 0.3 is 0 Å². The number of nitrogens with zero attached hydrogens (tertiary/aromatic N) is 1. The fourth-order valence-electron chi connectivity index (χ4n) is 1.25. The first-order valence-corrected chi connectivity index (χ1v) is 4.83. The maximum atomic E-state index is 11.1. The Labute approximate surface area is 87.6 Å². The number of halogens is 1. The van der Waals surface area contributed by atoms with Crippen LogP contribution in [0, 0.1) is 0 Å². The molecule has 0 atom stereocenters. The van der Waals surface area contributed by atoms with Crippen LogP contribution in [0.25, 0.3) is 0 Å². The van der Waals surface area contributed by atoms with Gasteiger partial charge in [0.15, 0.2) is 0 Å². The van der Waals surface area contributed by atoms with Crippen molar-refractivity contribution in [3.63, 3.8) is 0 Å². The van der Waals surface area contributed by atoms with E-state index < -0.39 is 0 Å². The fourth-order valence-corrected chi connectivity index (χ4v) is 1.36. The van der Waals surface area contributed by atoms with Crippen molar-refractivity contribution in [1.82, 2.24) is 4.90 Å². The largest absolute Gasteiger partial charge is 0.279 e. The number of imide groups is 1. The molecule has 1 aliphatic heterocycles. The Morgan fingerprint density at radius 3 is 2.36 bits per heavy atom. The van der Waals surface area contributed by atoms with Gasteiger partial charge in [-0.3, -0.25) is 18.8 Å². The molecular weight excluding hydrogens is 206 g/mol. The van der Waals surface area contributed by atoms with Crippen molar-refractivity contribution in [3.8, 4) is 0 Å². The highest BCUT2D eigenvalue weighted by molar-refractivity contribution is 6.12. The lowest BCUT2D eigenvalue weighted by Gasteiger charge is -2.12. The SMILES string of the molecule is O=C1C=CC(=O)N1CCCCCOCl. The third-order valence-electron chi connectivity index (χ3n) is 2.00. The summed E-state index contributed by atoms with van der Waals surface area (Å²) in [5.74, 6) is -0.438. The Kier molecular flexibility index (Phi) is 4.62. The smallest absolute Gasteiger partial charge is 0.253 e. The lowest BCUT2D eigenvalue weighted by Crippen LogP contribution is -2.30. The molecule has 0 aromatic heterocycles. The van der Waals surface area contributed by atoms with Crippen LogP contribution in [0.4, 0.5) is 0 Å². The second-order valence-corrected chi connectivity index (χ2v) is 3.25. The summed E-state index contributed by atoms with van der Waals surface area (Å²) < 4.78 is 4.37. The third-order valence-corrected chi connectivity index (χ3v) is 2.16. The van der Waals surface area contributed by atoms with Crippen LogP contribution in [-0.4, -0.2) is 29.9 Å². The molecule has 0 aromatic carbocycles. The Morgan fingerprint density at radius 2 is 1.79 bits per heavy atom. The van der Waals surface area contributed by atoms with Crippen LogP contribution < -0.4 is 0 Å². The van der Waals surface area contributed by atoms with E-state index in [9.17, 15) is 9.59 Å². The first-order chi connectivity index (χ1) is 6.75. The van der Waals surface area contributed by atoms with Crippen molar-refractivity contribution in [1.29, 1.82) is 0 Å². The van der Waals surface area contributed by atoms with E-state index in [0.29, 0.717) is 13.2 Å². The maximum Gasteiger partial charge on any atom is 0.253 e. The topological polar surface area (TPSA) is 46.6 Å². The summed E-state index contributed by atoms with van der Waals surface area (Å²) in [6.45, 7) is 0.981. The molecule has 14 heavy (non-hydrogen) atoms. The quantitative estimate of drug-likeness (QED) is 0.497. The van der Waals surface area contributed by atoms with E-state index >= 15 is 0 Å². The molecule has 0 radical (unpaired) electrons. The Morgan fingerprint density at radius 1 is 1.14 bits per heavy atom. The van der Waals surface area contributed by atoms with Crippen molar-refractivity contribution in [2.24, 2.45) is 0 Å². The average Bonchev–Trinajstić information content (AvgIpc) is 2.48. The summed E-state index contributed by atoms with van der Waals surface area (Å²) in [4.78, 5) is 23.4. The van der Waals surface area contributed by atoms with E-state index in [1.54, 1.807) is 0 Å². The van der Waals surface area contributed by atoms with E-state index in [1.165, 1.54) is 17.1 Å². The zero-order chi connectivity index (χ0) is 10.4. The van der Waals surface area contributed by atoms with Crippen LogP contribution in [0.3, 0.4) is 0 Å². The number of unbranched alkanes of at least 4 members (excludes halogenated alkanes) is 2. The van der Waals surface area contributed by atoms with Crippen molar-refractivity contribution in [2.45, 2.75) is 19.3 Å². The summed E-state index contributed by atoms with van der Waals surface area (Å²) >= 11 is 5.03. The van der Waals surface area contributed by atoms with Gasteiger partial charge in [-0.2, -0.15) is 0 Å². The van der Waals surface area contributed by atoms with E-state index in [0.717, 1.165) is 19.3 Å². The van der Waals surface area contributed by atoms with Gasteiger partial charge in [0.1, 0.15) is 0 Å². The predicted octanol–water partition coefficient (Wildman–Crippen LogP) is 1.25. The molecule has 0 saturated carbocycles. The molecule has 0 aliphatic carbocycles. The second-order valence-electron chi connectivity index (χ2n) is 3.04. The van der Waals surface area contributed by atoms with Gasteiger partial charge in [0.05, 0.1) is 18.5 Å². The van der Waals surface area contributed by atoms with Crippen LogP contribution in [0.2, 0.25) is 0 Å². The number of carbonyl (C=O) groups excluding carboxylic acids is 2. The first-order valence-electron chi connectivity index (χ1n) is 4.53. The zero-order valence-corrected chi connectivity index (χ0v) is 8.50. The molecule has 1 rings (SSSR count). The van der Waals surface area contributed by atoms with Gasteiger partial charge in [0.25, 0.3) is 11.8 Å². The molecule has 0 bridgehead atoms. The van der Waals surface area contributed by atoms with Gasteiger partial charge in [-0.25, -0.2) is 0 Å². The predicted molar refractivity (Wildman–Crippen MR) is 51.5 cm³/mol. The normalized spacial score (nSPS) is 15.6. The van der Waals surface area contributed by atoms with E-state index in [-0.39, 0.29) is 11.8 Å². The van der Waals surface area contributed by atoms with Gasteiger partial charge in [-0.05, 0) is 19.3 Å². The molecule has 2 amide bonds. The molecule has 0 unspecified atom stereocenters. The molecular formula is C9H12ClNO3. The summed E-state index contributed by atoms with van der Waals surface area (Å²) in [5.41, 5.74) is 0. The minimum absolute atomic E-state index is 0.219. The second kappa shape index (κ2) is 5.78. The summed E-state index contributed by atoms with van der Waals surface area (Å²) in [6.07, 6.45) is 5.12. The van der Waals surface area contributed by atoms with Crippen LogP contribution >= 0.6 is 11.9 Å². The van der Waals surface area contributed by atoms with Crippen molar-refractivity contribution >= 4 is 23.7 Å². The number of hydrogen-bond donors (Lipinski definition) is 0. The monoisotopic (exact) mass is 217 g/mol. The van der Waals surface area contributed by atoms with E-state index in [4.69, 9.17) is 11.9 Å². The molecule has 0 spiro atoms. The Balaban J connectivity index is 2.13. The Hall–Kier alpha value is -0.870. The van der Waals surface area contributed by atoms with Gasteiger partial charge in [-0.15, -0.1) is 0 Å². The zero-order valence-electron chi connectivity index (χ0n) is 7.74. The van der Waals surface area contributed by atoms with Gasteiger partial charge in [0, 0.05) is 18.7 Å². The molecule has 0 aromatic rings. The van der Waals surface area contributed by atoms with Crippen LogP contribution in [0.5, 0.6) is 0 Å². The van der Waals surface area contributed by atoms with E-state index in [2.05, 4.69) is 4.29 Å². The van der Waals surface area contributed by atoms with Gasteiger partial charge in [0.2, 0.25) is 0 Å². The van der Waals surface area contributed by atoms with Crippen molar-refractivity contribution in [3.05, 3.63) is 12.2 Å². The highest BCUT2D eigenvalue weighted by Gasteiger charge is 2.21. The fraction of sp³-hybridized carbons (Fsp3) is 0.556. The van der Waals surface area contributed by atoms with E-state index in [1.807, 2.05) is 0 Å². The number of hydrogen-bond acceptors (Lipinski definition) is 3. The van der Waals surface area contributed by atoms with Crippen molar-refractivity contribution in [2.75, 3.05) is 13.2 Å². The number of carbonyl (C=O) groups is 2. The highest BCUT2D eigenvalue weighted by Crippen LogP contribution is 2.06. The summed E-state index contributed by atoms with van der Waals surface area (Å²) in [6, 6.07) is 0. The van der Waals surface area contributed by atoms with Crippen molar-refractivity contribution < 1.29 is 13.9 Å². The van der Waals surface area contributed by atoms with Crippen LogP contribution in [0.1, 0.15) is 19.3 Å². The number of rotatable bonds is 6. The molecule has 4 nitrogen and oxygen atoms in total. The highest BCUT2D eigenvalue weighted by atomic mass is 35.5. The Bertz CT molecular complexity index is 234. The third kappa shape index (κ3) is 3.12. The molecule has 0 saturated heterocycles. The lowest BCUT2D eigenvalue weighted by molar-refractivity contribution is -0.136. The van der Waals surface area contributed by atoms with Crippen LogP contribution in [-0.2, 0) is 13.9 Å². The molecule has 1 aliphatic rings. The van der Waals surface area contributed by atoms with Crippen LogP contribution in [0.15, 0.2) is 12.2 Å². The molecule has 78 valence electrons. The van der Waals surface area contributed by atoms with Gasteiger partial charge in [-0.1, -0.05) is 0 Å². The minimum Gasteiger partial charge on any atom is -0.279 e. The number of amides is 2. The lowest BCUT2D eigenvalue weighted by atomic mass is 10.2. The minimum atomic E-state index is -0.219. The maximum absolute atomic E-state index is 11.1. The average molecular weight is 218 g/mol. The molecule has 0 N–H and O–H groups in total. The standard InChI is InChI=1S/C9H12ClNO3/c10-14-7-3-1-2-6-11-8(12)4-5-9(11)13/h4-5H,1-3,6-7H2. The molecule has 5 heteroatoms.